The first kappa shape index (κ1) is 28.7. The minimum absolute atomic E-state index is 0.0253. The molecule has 0 bridgehead atoms. The summed E-state index contributed by atoms with van der Waals surface area (Å²) in [5.74, 6) is 0.191. The normalized spacial score (nSPS) is 15.2. The summed E-state index contributed by atoms with van der Waals surface area (Å²) in [5.41, 5.74) is 3.54. The average Bonchev–Trinajstić information content (AvgIpc) is 3.00. The molecule has 0 unspecified atom stereocenters. The lowest BCUT2D eigenvalue weighted by molar-refractivity contribution is -0.135. The molecule has 1 amide bonds. The maximum atomic E-state index is 13.8. The van der Waals surface area contributed by atoms with Gasteiger partial charge in [0.15, 0.2) is 0 Å². The van der Waals surface area contributed by atoms with Crippen LogP contribution in [0.3, 0.4) is 0 Å². The molecule has 0 spiro atoms. The quantitative estimate of drug-likeness (QED) is 0.137. The van der Waals surface area contributed by atoms with Crippen molar-refractivity contribution in [3.63, 3.8) is 0 Å². The van der Waals surface area contributed by atoms with Gasteiger partial charge in [-0.25, -0.2) is 4.79 Å². The maximum absolute atomic E-state index is 13.8. The summed E-state index contributed by atoms with van der Waals surface area (Å²) < 4.78 is 9.97. The lowest BCUT2D eigenvalue weighted by Gasteiger charge is -2.38. The van der Waals surface area contributed by atoms with Crippen molar-refractivity contribution in [1.29, 1.82) is 0 Å². The number of hydrogen-bond donors (Lipinski definition) is 3. The third kappa shape index (κ3) is 7.88. The molecule has 1 saturated carbocycles. The van der Waals surface area contributed by atoms with E-state index in [9.17, 15) is 9.59 Å². The van der Waals surface area contributed by atoms with Crippen LogP contribution < -0.4 is 20.7 Å². The third-order valence-corrected chi connectivity index (χ3v) is 7.34. The van der Waals surface area contributed by atoms with Crippen LogP contribution in [-0.2, 0) is 14.3 Å². The molecule has 0 aromatic heterocycles. The van der Waals surface area contributed by atoms with Gasteiger partial charge in [-0.2, -0.15) is 0 Å². The Morgan fingerprint density at radius 1 is 0.900 bits per heavy atom. The smallest absolute Gasteiger partial charge is 0.333 e. The van der Waals surface area contributed by atoms with Crippen LogP contribution in [0.15, 0.2) is 91.2 Å². The highest BCUT2D eigenvalue weighted by Crippen LogP contribution is 2.33. The van der Waals surface area contributed by atoms with Gasteiger partial charge in [0.2, 0.25) is 5.91 Å². The molecule has 4 rings (SSSR count). The molecule has 1 fully saturated rings. The van der Waals surface area contributed by atoms with Gasteiger partial charge in [-0.15, -0.1) is 0 Å². The number of anilines is 2. The largest absolute Gasteiger partial charge is 0.466 e. The van der Waals surface area contributed by atoms with Crippen LogP contribution in [-0.4, -0.2) is 37.1 Å². The van der Waals surface area contributed by atoms with Crippen molar-refractivity contribution in [3.05, 3.63) is 91.2 Å². The molecule has 0 radical (unpaired) electrons. The molecule has 3 aromatic rings. The molecule has 0 aliphatic heterocycles. The molecule has 0 heterocycles. The van der Waals surface area contributed by atoms with Crippen LogP contribution in [0, 0.1) is 0 Å². The van der Waals surface area contributed by atoms with E-state index >= 15 is 0 Å². The number of nitrogens with one attached hydrogen (secondary N) is 3. The monoisotopic (exact) mass is 541 g/mol. The Bertz CT molecular complexity index is 1270. The number of carbonyl (C=O) groups excluding carboxylic acids is 2. The van der Waals surface area contributed by atoms with E-state index < -0.39 is 11.5 Å². The van der Waals surface area contributed by atoms with Crippen molar-refractivity contribution >= 4 is 23.3 Å². The highest BCUT2D eigenvalue weighted by molar-refractivity contribution is 5.90. The van der Waals surface area contributed by atoms with Gasteiger partial charge in [-0.1, -0.05) is 68.7 Å². The van der Waals surface area contributed by atoms with Gasteiger partial charge < -0.3 is 25.4 Å². The summed E-state index contributed by atoms with van der Waals surface area (Å²) in [5, 5.41) is 10.4. The summed E-state index contributed by atoms with van der Waals surface area (Å²) in [7, 11) is 1.31. The fourth-order valence-electron chi connectivity index (χ4n) is 5.00. The Labute approximate surface area is 237 Å². The van der Waals surface area contributed by atoms with Crippen molar-refractivity contribution in [2.24, 2.45) is 0 Å². The van der Waals surface area contributed by atoms with E-state index in [0.29, 0.717) is 12.3 Å². The van der Waals surface area contributed by atoms with Crippen LogP contribution in [0.2, 0.25) is 0 Å². The van der Waals surface area contributed by atoms with Gasteiger partial charge in [0.05, 0.1) is 19.4 Å². The summed E-state index contributed by atoms with van der Waals surface area (Å²) in [4.78, 5) is 25.0. The van der Waals surface area contributed by atoms with E-state index in [1.165, 1.54) is 19.4 Å². The first-order valence-corrected chi connectivity index (χ1v) is 14.0. The van der Waals surface area contributed by atoms with E-state index in [1.54, 1.807) is 0 Å². The number of methoxy groups -OCH3 is 1. The first-order valence-electron chi connectivity index (χ1n) is 14.0. The zero-order valence-corrected chi connectivity index (χ0v) is 23.3. The van der Waals surface area contributed by atoms with Gasteiger partial charge in [0.1, 0.15) is 11.3 Å². The highest BCUT2D eigenvalue weighted by Gasteiger charge is 2.40. The van der Waals surface area contributed by atoms with Gasteiger partial charge >= 0.3 is 5.97 Å². The molecule has 7 nitrogen and oxygen atoms in total. The zero-order chi connectivity index (χ0) is 28.2. The van der Waals surface area contributed by atoms with Crippen molar-refractivity contribution in [2.75, 3.05) is 24.3 Å². The molecule has 210 valence electrons. The average molecular weight is 542 g/mol. The maximum Gasteiger partial charge on any atom is 0.333 e. The van der Waals surface area contributed by atoms with Crippen molar-refractivity contribution < 1.29 is 19.1 Å². The Hall–Kier alpha value is -4.26. The molecule has 40 heavy (non-hydrogen) atoms. The molecule has 7 heteroatoms. The Morgan fingerprint density at radius 2 is 1.62 bits per heavy atom. The lowest BCUT2D eigenvalue weighted by Crippen LogP contribution is -2.56. The van der Waals surface area contributed by atoms with Gasteiger partial charge in [-0.05, 0) is 66.8 Å². The second kappa shape index (κ2) is 14.2. The third-order valence-electron chi connectivity index (χ3n) is 7.34. The summed E-state index contributed by atoms with van der Waals surface area (Å²) >= 11 is 0. The van der Waals surface area contributed by atoms with Crippen LogP contribution in [0.1, 0.15) is 45.4 Å². The minimum atomic E-state index is -0.627. The molecule has 1 aliphatic rings. The van der Waals surface area contributed by atoms with E-state index in [2.05, 4.69) is 51.9 Å². The summed E-state index contributed by atoms with van der Waals surface area (Å²) in [6.07, 6.45) is 8.14. The Morgan fingerprint density at radius 3 is 2.33 bits per heavy atom. The number of esters is 1. The molecular weight excluding hydrogens is 502 g/mol. The molecule has 3 aromatic carbocycles. The minimum Gasteiger partial charge on any atom is -0.466 e. The van der Waals surface area contributed by atoms with Gasteiger partial charge in [0, 0.05) is 24.0 Å². The fraction of sp³-hybridized carbons (Fsp3) is 0.333. The van der Waals surface area contributed by atoms with E-state index in [-0.39, 0.29) is 11.9 Å². The van der Waals surface area contributed by atoms with Gasteiger partial charge in [0.25, 0.3) is 0 Å². The lowest BCUT2D eigenvalue weighted by atomic mass is 9.80. The van der Waals surface area contributed by atoms with Crippen molar-refractivity contribution in [1.82, 2.24) is 5.32 Å². The molecule has 0 saturated heterocycles. The van der Waals surface area contributed by atoms with E-state index in [4.69, 9.17) is 4.74 Å². The van der Waals surface area contributed by atoms with Crippen LogP contribution in [0.25, 0.3) is 11.1 Å². The molecule has 3 N–H and O–H groups in total. The number of carbonyl (C=O) groups is 2. The number of benzene rings is 3. The second-order valence-electron chi connectivity index (χ2n) is 10.1. The van der Waals surface area contributed by atoms with Crippen LogP contribution >= 0.6 is 0 Å². The van der Waals surface area contributed by atoms with Gasteiger partial charge in [-0.3, -0.25) is 4.79 Å². The first-order chi connectivity index (χ1) is 19.5. The van der Waals surface area contributed by atoms with Crippen molar-refractivity contribution in [2.45, 2.75) is 57.0 Å². The fourth-order valence-corrected chi connectivity index (χ4v) is 5.00. The van der Waals surface area contributed by atoms with E-state index in [0.717, 1.165) is 61.0 Å². The summed E-state index contributed by atoms with van der Waals surface area (Å²) in [6, 6.07) is 26.0. The Kier molecular flexibility index (Phi) is 10.2. The number of hydrogen-bond acceptors (Lipinski definition) is 6. The molecule has 1 aliphatic carbocycles. The number of ether oxygens (including phenoxy) is 2. The predicted molar refractivity (Wildman–Crippen MR) is 160 cm³/mol. The predicted octanol–water partition coefficient (Wildman–Crippen LogP) is 6.54. The topological polar surface area (TPSA) is 88.7 Å². The van der Waals surface area contributed by atoms with E-state index in [1.807, 2.05) is 54.6 Å². The number of amides is 1. The highest BCUT2D eigenvalue weighted by atomic mass is 16.5. The standard InChI is InChI=1S/C33H39N3O4/c1-3-27(24-34-28-15-17-30(18-16-28)40-22-19-31(37)39-2)35-32(38)33(20-8-5-9-21-33)36-29-14-10-13-26(23-29)25-11-6-4-7-12-25/h4,6-7,10-19,22-23,27,34,36H,3,5,8-9,20-21,24H2,1-2H3,(H,35,38)/b22-19+/t27-/m0/s1. The van der Waals surface area contributed by atoms with Crippen LogP contribution in [0.5, 0.6) is 5.75 Å². The Balaban J connectivity index is 1.38. The SMILES string of the molecule is CC[C@@H](CNc1ccc(O/C=C/C(=O)OC)cc1)NC(=O)C1(Nc2cccc(-c3ccccc3)c2)CCCCC1. The molecule has 1 atom stereocenters. The van der Waals surface area contributed by atoms with Crippen molar-refractivity contribution in [3.8, 4) is 16.9 Å². The number of rotatable bonds is 12. The van der Waals surface area contributed by atoms with Crippen LogP contribution in [0.4, 0.5) is 11.4 Å². The molecular formula is C33H39N3O4. The zero-order valence-electron chi connectivity index (χ0n) is 23.3. The summed E-state index contributed by atoms with van der Waals surface area (Å²) in [6.45, 7) is 2.69. The second-order valence-corrected chi connectivity index (χ2v) is 10.1.